The number of nitrogens with zero attached hydrogens (tertiary/aromatic N) is 2. The summed E-state index contributed by atoms with van der Waals surface area (Å²) in [5.74, 6) is 0.520. The number of carbonyl (C=O) groups excluding carboxylic acids is 2. The molecule has 0 N–H and O–H groups in total. The van der Waals surface area contributed by atoms with Gasteiger partial charge in [0.25, 0.3) is 0 Å². The number of aliphatic imine (C=N–C) groups is 2. The molecule has 4 atom stereocenters. The summed E-state index contributed by atoms with van der Waals surface area (Å²) in [5, 5.41) is 0. The second-order valence-corrected chi connectivity index (χ2v) is 9.22. The minimum Gasteiger partial charge on any atom is -0.211 e. The molecular formula is C20H32N2O2. The van der Waals surface area contributed by atoms with E-state index in [4.69, 9.17) is 0 Å². The minimum absolute atomic E-state index is 0.0158. The summed E-state index contributed by atoms with van der Waals surface area (Å²) in [6.07, 6.45) is 9.72. The van der Waals surface area contributed by atoms with Crippen molar-refractivity contribution in [2.45, 2.75) is 91.6 Å². The van der Waals surface area contributed by atoms with Gasteiger partial charge in [-0.3, -0.25) is 0 Å². The topological polar surface area (TPSA) is 58.9 Å². The van der Waals surface area contributed by atoms with Gasteiger partial charge in [-0.2, -0.15) is 4.99 Å². The SMILES string of the molecule is CC1CCCCC2(C(N=C=O)CCC(C)(N=C=O)C2(C)C)C1(C)C. The van der Waals surface area contributed by atoms with E-state index in [0.717, 1.165) is 25.7 Å². The summed E-state index contributed by atoms with van der Waals surface area (Å²) in [5.41, 5.74) is -0.966. The van der Waals surface area contributed by atoms with Crippen LogP contribution in [0.4, 0.5) is 0 Å². The molecule has 2 rings (SSSR count). The van der Waals surface area contributed by atoms with Crippen molar-refractivity contribution in [2.75, 3.05) is 0 Å². The first-order valence-corrected chi connectivity index (χ1v) is 9.27. The molecule has 0 aromatic carbocycles. The smallest absolute Gasteiger partial charge is 0.211 e. The van der Waals surface area contributed by atoms with Crippen LogP contribution in [0.2, 0.25) is 0 Å². The number of rotatable bonds is 2. The Labute approximate surface area is 146 Å². The molecule has 134 valence electrons. The van der Waals surface area contributed by atoms with Gasteiger partial charge < -0.3 is 0 Å². The quantitative estimate of drug-likeness (QED) is 0.537. The van der Waals surface area contributed by atoms with Crippen LogP contribution in [0.5, 0.6) is 0 Å². The van der Waals surface area contributed by atoms with Gasteiger partial charge in [0.15, 0.2) is 0 Å². The van der Waals surface area contributed by atoms with E-state index in [1.165, 1.54) is 12.8 Å². The van der Waals surface area contributed by atoms with Crippen molar-refractivity contribution in [1.29, 1.82) is 0 Å². The summed E-state index contributed by atoms with van der Waals surface area (Å²) in [7, 11) is 0. The highest BCUT2D eigenvalue weighted by molar-refractivity contribution is 5.38. The van der Waals surface area contributed by atoms with Crippen molar-refractivity contribution in [2.24, 2.45) is 32.1 Å². The predicted octanol–water partition coefficient (Wildman–Crippen LogP) is 4.83. The Balaban J connectivity index is 2.77. The summed E-state index contributed by atoms with van der Waals surface area (Å²) in [6, 6.07) is -0.0597. The highest BCUT2D eigenvalue weighted by Gasteiger charge is 2.68. The van der Waals surface area contributed by atoms with Crippen molar-refractivity contribution in [3.63, 3.8) is 0 Å². The van der Waals surface area contributed by atoms with E-state index in [1.54, 1.807) is 0 Å². The molecule has 1 spiro atoms. The standard InChI is InChI=1S/C20H32N2O2/c1-15-9-7-8-11-20(17(15,2)3)16(21-13-23)10-12-19(6,22-14-24)18(20,4)5/h15-16H,7-12H2,1-6H3. The van der Waals surface area contributed by atoms with Gasteiger partial charge in [-0.05, 0) is 42.9 Å². The molecule has 0 heterocycles. The first-order valence-electron chi connectivity index (χ1n) is 9.27. The predicted molar refractivity (Wildman–Crippen MR) is 95.3 cm³/mol. The molecule has 0 aromatic heterocycles. The molecule has 24 heavy (non-hydrogen) atoms. The fraction of sp³-hybridized carbons (Fsp3) is 0.900. The monoisotopic (exact) mass is 332 g/mol. The van der Waals surface area contributed by atoms with Crippen LogP contribution < -0.4 is 0 Å². The zero-order valence-electron chi connectivity index (χ0n) is 16.1. The highest BCUT2D eigenvalue weighted by Crippen LogP contribution is 2.69. The molecule has 0 saturated heterocycles. The lowest BCUT2D eigenvalue weighted by molar-refractivity contribution is -0.156. The molecule has 4 heteroatoms. The van der Waals surface area contributed by atoms with E-state index in [0.29, 0.717) is 5.92 Å². The van der Waals surface area contributed by atoms with Gasteiger partial charge in [-0.1, -0.05) is 53.9 Å². The van der Waals surface area contributed by atoms with Crippen LogP contribution >= 0.6 is 0 Å². The summed E-state index contributed by atoms with van der Waals surface area (Å²) in [4.78, 5) is 31.0. The Hall–Kier alpha value is -1.24. The Kier molecular flexibility index (Phi) is 4.97. The third kappa shape index (κ3) is 2.35. The van der Waals surface area contributed by atoms with Gasteiger partial charge in [0.05, 0.1) is 11.6 Å². The third-order valence-electron chi connectivity index (χ3n) is 8.28. The molecule has 0 amide bonds. The first kappa shape index (κ1) is 19.1. The van der Waals surface area contributed by atoms with Gasteiger partial charge in [0, 0.05) is 5.41 Å². The summed E-state index contributed by atoms with van der Waals surface area (Å²) in [6.45, 7) is 13.5. The normalized spacial score (nSPS) is 40.9. The maximum atomic E-state index is 11.2. The van der Waals surface area contributed by atoms with Gasteiger partial charge in [-0.25, -0.2) is 14.6 Å². The minimum atomic E-state index is -0.481. The molecule has 0 bridgehead atoms. The summed E-state index contributed by atoms with van der Waals surface area (Å²) >= 11 is 0. The van der Waals surface area contributed by atoms with Crippen molar-refractivity contribution in [3.05, 3.63) is 0 Å². The van der Waals surface area contributed by atoms with E-state index < -0.39 is 5.54 Å². The van der Waals surface area contributed by atoms with Crippen LogP contribution in [-0.4, -0.2) is 23.7 Å². The average molecular weight is 332 g/mol. The zero-order chi connectivity index (χ0) is 18.2. The molecule has 2 fully saturated rings. The van der Waals surface area contributed by atoms with Crippen LogP contribution in [0.3, 0.4) is 0 Å². The maximum Gasteiger partial charge on any atom is 0.235 e. The van der Waals surface area contributed by atoms with E-state index in [2.05, 4.69) is 51.5 Å². The van der Waals surface area contributed by atoms with Crippen molar-refractivity contribution in [3.8, 4) is 0 Å². The van der Waals surface area contributed by atoms with Crippen LogP contribution in [0.1, 0.15) is 80.1 Å². The largest absolute Gasteiger partial charge is 0.235 e. The van der Waals surface area contributed by atoms with Crippen LogP contribution in [0.25, 0.3) is 0 Å². The Morgan fingerprint density at radius 3 is 2.17 bits per heavy atom. The Morgan fingerprint density at radius 2 is 1.58 bits per heavy atom. The fourth-order valence-electron chi connectivity index (χ4n) is 6.10. The van der Waals surface area contributed by atoms with Gasteiger partial charge >= 0.3 is 0 Å². The molecule has 4 unspecified atom stereocenters. The van der Waals surface area contributed by atoms with E-state index in [9.17, 15) is 9.59 Å². The summed E-state index contributed by atoms with van der Waals surface area (Å²) < 4.78 is 0. The van der Waals surface area contributed by atoms with Crippen molar-refractivity contribution in [1.82, 2.24) is 0 Å². The van der Waals surface area contributed by atoms with Gasteiger partial charge in [-0.15, -0.1) is 0 Å². The van der Waals surface area contributed by atoms with Crippen molar-refractivity contribution >= 4 is 12.2 Å². The van der Waals surface area contributed by atoms with E-state index in [1.807, 2.05) is 12.2 Å². The number of hydrogen-bond acceptors (Lipinski definition) is 4. The van der Waals surface area contributed by atoms with Gasteiger partial charge in [0.1, 0.15) is 0 Å². The molecule has 0 aromatic rings. The molecule has 2 saturated carbocycles. The number of isocyanates is 2. The average Bonchev–Trinajstić information content (AvgIpc) is 2.61. The lowest BCUT2D eigenvalue weighted by atomic mass is 9.39. The first-order chi connectivity index (χ1) is 11.1. The zero-order valence-corrected chi connectivity index (χ0v) is 16.1. The van der Waals surface area contributed by atoms with Crippen LogP contribution in [0, 0.1) is 22.2 Å². The van der Waals surface area contributed by atoms with Crippen LogP contribution in [0.15, 0.2) is 9.98 Å². The fourth-order valence-corrected chi connectivity index (χ4v) is 6.10. The second kappa shape index (κ2) is 6.24. The molecule has 4 nitrogen and oxygen atoms in total. The Bertz CT molecular complexity index is 584. The lowest BCUT2D eigenvalue weighted by Crippen LogP contribution is -2.66. The molecule has 2 aliphatic rings. The number of hydrogen-bond donors (Lipinski definition) is 0. The maximum absolute atomic E-state index is 11.2. The van der Waals surface area contributed by atoms with E-state index in [-0.39, 0.29) is 22.3 Å². The third-order valence-corrected chi connectivity index (χ3v) is 8.28. The molecular weight excluding hydrogens is 300 g/mol. The highest BCUT2D eigenvalue weighted by atomic mass is 16.1. The molecule has 0 aliphatic heterocycles. The van der Waals surface area contributed by atoms with E-state index >= 15 is 0 Å². The van der Waals surface area contributed by atoms with Crippen molar-refractivity contribution < 1.29 is 9.59 Å². The molecule has 0 radical (unpaired) electrons. The Morgan fingerprint density at radius 1 is 0.917 bits per heavy atom. The second-order valence-electron chi connectivity index (χ2n) is 9.22. The van der Waals surface area contributed by atoms with Crippen LogP contribution in [-0.2, 0) is 9.59 Å². The van der Waals surface area contributed by atoms with Gasteiger partial charge in [0.2, 0.25) is 12.2 Å². The molecule has 2 aliphatic carbocycles. The lowest BCUT2D eigenvalue weighted by Gasteiger charge is -2.66.